The minimum Gasteiger partial charge on any atom is -0.504 e. The molecule has 0 aliphatic carbocycles. The number of H-pyrrole nitrogens is 1. The molecule has 2 N–H and O–H groups in total. The molecule has 0 saturated heterocycles. The van der Waals surface area contributed by atoms with Crippen LogP contribution in [-0.2, 0) is 0 Å². The Hall–Kier alpha value is -3.81. The van der Waals surface area contributed by atoms with Crippen molar-refractivity contribution in [2.45, 2.75) is 6.92 Å². The van der Waals surface area contributed by atoms with Gasteiger partial charge in [-0.25, -0.2) is 4.98 Å². The summed E-state index contributed by atoms with van der Waals surface area (Å²) in [7, 11) is 1.59. The van der Waals surface area contributed by atoms with Crippen LogP contribution in [0, 0.1) is 0 Å². The third-order valence-electron chi connectivity index (χ3n) is 4.31. The molecule has 0 amide bonds. The highest BCUT2D eigenvalue weighted by atomic mass is 16.5. The van der Waals surface area contributed by atoms with E-state index in [-0.39, 0.29) is 11.3 Å². The van der Waals surface area contributed by atoms with E-state index in [0.29, 0.717) is 34.7 Å². The largest absolute Gasteiger partial charge is 0.504 e. The Kier molecular flexibility index (Phi) is 4.44. The third-order valence-corrected chi connectivity index (χ3v) is 4.31. The lowest BCUT2D eigenvalue weighted by molar-refractivity contribution is 0.318. The number of aromatic amines is 1. The van der Waals surface area contributed by atoms with E-state index in [9.17, 15) is 9.90 Å². The first-order valence-corrected chi connectivity index (χ1v) is 8.68. The number of hydrogen-bond donors (Lipinski definition) is 2. The smallest absolute Gasteiger partial charge is 0.298 e. The zero-order chi connectivity index (χ0) is 19.7. The van der Waals surface area contributed by atoms with Gasteiger partial charge in [0, 0.05) is 11.5 Å². The first-order chi connectivity index (χ1) is 13.6. The highest BCUT2D eigenvalue weighted by molar-refractivity contribution is 6.04. The van der Waals surface area contributed by atoms with Crippen LogP contribution in [0.5, 0.6) is 17.2 Å². The molecule has 8 nitrogen and oxygen atoms in total. The van der Waals surface area contributed by atoms with E-state index in [2.05, 4.69) is 15.1 Å². The van der Waals surface area contributed by atoms with Crippen molar-refractivity contribution in [3.63, 3.8) is 0 Å². The van der Waals surface area contributed by atoms with Gasteiger partial charge >= 0.3 is 0 Å². The van der Waals surface area contributed by atoms with Crippen molar-refractivity contribution in [3.8, 4) is 17.2 Å². The van der Waals surface area contributed by atoms with Crippen LogP contribution in [0.3, 0.4) is 0 Å². The maximum absolute atomic E-state index is 12.8. The fourth-order valence-corrected chi connectivity index (χ4v) is 2.95. The molecule has 4 rings (SSSR count). The Labute approximate surface area is 159 Å². The van der Waals surface area contributed by atoms with Gasteiger partial charge in [0.15, 0.2) is 11.5 Å². The average Bonchev–Trinajstić information content (AvgIpc) is 3.08. The second-order valence-electron chi connectivity index (χ2n) is 6.06. The number of phenolic OH excluding ortho intramolecular Hbond substituents is 1. The number of phenols is 1. The number of aromatic nitrogens is 3. The summed E-state index contributed by atoms with van der Waals surface area (Å²) in [5, 5.41) is 14.8. The van der Waals surface area contributed by atoms with E-state index < -0.39 is 0 Å². The molecule has 0 fully saturated rings. The fourth-order valence-electron chi connectivity index (χ4n) is 2.95. The minimum absolute atomic E-state index is 0.0488. The molecule has 8 heteroatoms. The number of aromatic hydroxyl groups is 1. The molecule has 0 spiro atoms. The number of nitrogens with one attached hydrogen (secondary N) is 1. The molecule has 0 atom stereocenters. The molecule has 0 radical (unpaired) electrons. The molecule has 0 aliphatic heterocycles. The number of methoxy groups -OCH3 is 1. The molecular weight excluding hydrogens is 360 g/mol. The van der Waals surface area contributed by atoms with Crippen LogP contribution >= 0.6 is 0 Å². The van der Waals surface area contributed by atoms with Crippen molar-refractivity contribution in [1.29, 1.82) is 0 Å². The number of fused-ring (bicyclic) bond motifs is 3. The van der Waals surface area contributed by atoms with E-state index in [0.717, 1.165) is 15.6 Å². The molecule has 2 heterocycles. The Bertz CT molecular complexity index is 1260. The summed E-state index contributed by atoms with van der Waals surface area (Å²) >= 11 is 0. The fraction of sp³-hybridized carbons (Fsp3) is 0.150. The highest BCUT2D eigenvalue weighted by Gasteiger charge is 2.11. The Balaban J connectivity index is 1.74. The number of benzene rings is 2. The summed E-state index contributed by atoms with van der Waals surface area (Å²) in [5.41, 5.74) is 2.07. The Morgan fingerprint density at radius 2 is 2.14 bits per heavy atom. The van der Waals surface area contributed by atoms with Crippen LogP contribution in [0.15, 0.2) is 52.6 Å². The maximum Gasteiger partial charge on any atom is 0.298 e. The van der Waals surface area contributed by atoms with Crippen molar-refractivity contribution in [3.05, 3.63) is 58.6 Å². The molecule has 0 unspecified atom stereocenters. The first kappa shape index (κ1) is 17.6. The summed E-state index contributed by atoms with van der Waals surface area (Å²) in [4.78, 5) is 20.2. The van der Waals surface area contributed by atoms with Crippen LogP contribution in [0.4, 0.5) is 0 Å². The van der Waals surface area contributed by atoms with E-state index in [1.165, 1.54) is 18.6 Å². The van der Waals surface area contributed by atoms with Gasteiger partial charge in [-0.2, -0.15) is 9.78 Å². The van der Waals surface area contributed by atoms with Crippen LogP contribution in [0.2, 0.25) is 0 Å². The number of ether oxygens (including phenoxy) is 2. The van der Waals surface area contributed by atoms with Crippen molar-refractivity contribution in [1.82, 2.24) is 14.6 Å². The summed E-state index contributed by atoms with van der Waals surface area (Å²) in [6, 6.07) is 10.3. The van der Waals surface area contributed by atoms with Crippen molar-refractivity contribution in [2.75, 3.05) is 13.7 Å². The van der Waals surface area contributed by atoms with Gasteiger partial charge in [-0.1, -0.05) is 0 Å². The lowest BCUT2D eigenvalue weighted by Gasteiger charge is -2.06. The molecule has 2 aromatic heterocycles. The number of nitrogens with zero attached hydrogens (tertiary/aromatic N) is 3. The lowest BCUT2D eigenvalue weighted by atomic mass is 10.2. The molecule has 142 valence electrons. The second kappa shape index (κ2) is 7.07. The van der Waals surface area contributed by atoms with Gasteiger partial charge in [0.25, 0.3) is 5.56 Å². The normalized spacial score (nSPS) is 11.5. The number of rotatable bonds is 5. The van der Waals surface area contributed by atoms with Crippen molar-refractivity contribution < 1.29 is 14.6 Å². The standard InChI is InChI=1S/C20H18N4O4/c1-3-28-17-8-12(4-7-16(17)25)10-22-24-11-21-18-14-6-5-13(27-2)9-15(14)23-19(18)20(24)26/h4-11,23,25H,3H2,1-2H3/b22-10+. The topological polar surface area (TPSA) is 102 Å². The Morgan fingerprint density at radius 3 is 2.93 bits per heavy atom. The van der Waals surface area contributed by atoms with Crippen molar-refractivity contribution >= 4 is 28.2 Å². The van der Waals surface area contributed by atoms with Crippen LogP contribution < -0.4 is 15.0 Å². The van der Waals surface area contributed by atoms with Crippen LogP contribution in [0.25, 0.3) is 21.9 Å². The summed E-state index contributed by atoms with van der Waals surface area (Å²) in [6.07, 6.45) is 2.88. The third kappa shape index (κ3) is 3.05. The van der Waals surface area contributed by atoms with Gasteiger partial charge < -0.3 is 19.6 Å². The summed E-state index contributed by atoms with van der Waals surface area (Å²) in [6.45, 7) is 2.26. The predicted molar refractivity (Wildman–Crippen MR) is 107 cm³/mol. The van der Waals surface area contributed by atoms with Gasteiger partial charge in [0.05, 0.1) is 25.4 Å². The van der Waals surface area contributed by atoms with E-state index in [1.807, 2.05) is 25.1 Å². The maximum atomic E-state index is 12.8. The highest BCUT2D eigenvalue weighted by Crippen LogP contribution is 2.26. The summed E-state index contributed by atoms with van der Waals surface area (Å²) in [5.74, 6) is 1.10. The average molecular weight is 378 g/mol. The predicted octanol–water partition coefficient (Wildman–Crippen LogP) is 2.87. The van der Waals surface area contributed by atoms with E-state index in [1.54, 1.807) is 19.2 Å². The zero-order valence-electron chi connectivity index (χ0n) is 15.3. The quantitative estimate of drug-likeness (QED) is 0.520. The van der Waals surface area contributed by atoms with Gasteiger partial charge in [0.1, 0.15) is 23.1 Å². The summed E-state index contributed by atoms with van der Waals surface area (Å²) < 4.78 is 11.7. The SMILES string of the molecule is CCOc1cc(/C=N/n2cnc3c([nH]c4cc(OC)ccc43)c2=O)ccc1O. The zero-order valence-corrected chi connectivity index (χ0v) is 15.3. The Morgan fingerprint density at radius 1 is 1.29 bits per heavy atom. The minimum atomic E-state index is -0.319. The van der Waals surface area contributed by atoms with E-state index >= 15 is 0 Å². The van der Waals surface area contributed by atoms with Gasteiger partial charge in [-0.05, 0) is 42.8 Å². The number of hydrogen-bond acceptors (Lipinski definition) is 6. The molecule has 28 heavy (non-hydrogen) atoms. The second-order valence-corrected chi connectivity index (χ2v) is 6.06. The van der Waals surface area contributed by atoms with Crippen LogP contribution in [-0.4, -0.2) is 39.7 Å². The van der Waals surface area contributed by atoms with Gasteiger partial charge in [-0.15, -0.1) is 0 Å². The van der Waals surface area contributed by atoms with Crippen LogP contribution in [0.1, 0.15) is 12.5 Å². The van der Waals surface area contributed by atoms with Gasteiger partial charge in [-0.3, -0.25) is 4.79 Å². The molecule has 0 saturated carbocycles. The monoisotopic (exact) mass is 378 g/mol. The molecule has 4 aromatic rings. The molecule has 0 aliphatic rings. The molecule has 0 bridgehead atoms. The first-order valence-electron chi connectivity index (χ1n) is 8.68. The van der Waals surface area contributed by atoms with Crippen molar-refractivity contribution in [2.24, 2.45) is 5.10 Å². The van der Waals surface area contributed by atoms with E-state index in [4.69, 9.17) is 9.47 Å². The molecule has 2 aromatic carbocycles. The molecular formula is C20H18N4O4. The van der Waals surface area contributed by atoms with Gasteiger partial charge in [0.2, 0.25) is 0 Å². The lowest BCUT2D eigenvalue weighted by Crippen LogP contribution is -2.17.